The summed E-state index contributed by atoms with van der Waals surface area (Å²) in [5.74, 6) is -4.65. The van der Waals surface area contributed by atoms with E-state index in [1.54, 1.807) is 12.4 Å². The van der Waals surface area contributed by atoms with E-state index in [1.165, 1.54) is 32.1 Å². The molecule has 0 bridgehead atoms. The number of aromatic nitrogens is 1. The van der Waals surface area contributed by atoms with Gasteiger partial charge in [0, 0.05) is 24.8 Å². The molecule has 3 aliphatic rings. The lowest BCUT2D eigenvalue weighted by Crippen LogP contribution is -2.55. The van der Waals surface area contributed by atoms with Crippen LogP contribution in [0.15, 0.2) is 24.5 Å². The third-order valence-electron chi connectivity index (χ3n) is 5.78. The van der Waals surface area contributed by atoms with E-state index >= 15 is 0 Å². The van der Waals surface area contributed by atoms with E-state index in [4.69, 9.17) is 29.3 Å². The molecule has 0 spiro atoms. The van der Waals surface area contributed by atoms with Gasteiger partial charge in [-0.1, -0.05) is 12.8 Å². The molecule has 1 aliphatic heterocycles. The fraction of sp³-hybridized carbons (Fsp3) is 0.667. The monoisotopic (exact) mass is 516 g/mol. The maximum absolute atomic E-state index is 10.6. The molecule has 2 heterocycles. The van der Waals surface area contributed by atoms with Crippen molar-refractivity contribution in [1.82, 2.24) is 9.88 Å². The van der Waals surface area contributed by atoms with Crippen LogP contribution in [0.25, 0.3) is 0 Å². The van der Waals surface area contributed by atoms with Gasteiger partial charge in [-0.3, -0.25) is 9.88 Å². The van der Waals surface area contributed by atoms with Gasteiger partial charge in [0.05, 0.1) is 12.8 Å². The van der Waals surface area contributed by atoms with Gasteiger partial charge in [-0.15, -0.1) is 0 Å². The van der Waals surface area contributed by atoms with E-state index in [1.807, 2.05) is 12.1 Å². The number of nitrogens with zero attached hydrogens (tertiary/aromatic N) is 2. The van der Waals surface area contributed by atoms with Crippen LogP contribution in [0.1, 0.15) is 38.5 Å². The van der Waals surface area contributed by atoms with E-state index in [-0.39, 0.29) is 12.2 Å². The Labute approximate surface area is 196 Å². The van der Waals surface area contributed by atoms with E-state index in [0.29, 0.717) is 6.04 Å². The highest BCUT2D eigenvalue weighted by molar-refractivity contribution is 5.73. The van der Waals surface area contributed by atoms with Crippen LogP contribution in [0, 0.1) is 0 Å². The minimum absolute atomic E-state index is 0.184. The number of carboxylic acids is 2. The smallest absolute Gasteiger partial charge is 0.486 e. The molecule has 2 aliphatic carbocycles. The first-order valence-electron chi connectivity index (χ1n) is 10.8. The number of aliphatic carboxylic acids is 2. The Morgan fingerprint density at radius 1 is 1.00 bits per heavy atom. The standard InChI is InChI=1S/C17H24N2O2.2C2HF3O2/c1-2-5-13(4-1)19-10-11-20-17-15(19)7-8-16(17)21-14-6-3-9-18-12-14;2*3-2(4,5)1(6)7/h3,6,9,12-13,15-17H,1-2,4-5,7-8,10-11H2;2*(H,6,7)/t15-,16+,17+;;/m0../s1. The van der Waals surface area contributed by atoms with Gasteiger partial charge < -0.3 is 19.7 Å². The molecular formula is C21H26F6N2O6. The molecule has 0 unspecified atom stereocenters. The van der Waals surface area contributed by atoms with Gasteiger partial charge >= 0.3 is 24.3 Å². The largest absolute Gasteiger partial charge is 0.490 e. The van der Waals surface area contributed by atoms with Crippen LogP contribution in [0.5, 0.6) is 5.75 Å². The number of carboxylic acid groups (broad SMARTS) is 2. The van der Waals surface area contributed by atoms with Crippen molar-refractivity contribution in [3.63, 3.8) is 0 Å². The van der Waals surface area contributed by atoms with Crippen molar-refractivity contribution in [2.24, 2.45) is 0 Å². The highest BCUT2D eigenvalue weighted by Crippen LogP contribution is 2.36. The molecule has 3 atom stereocenters. The van der Waals surface area contributed by atoms with Crippen LogP contribution in [0.4, 0.5) is 26.3 Å². The van der Waals surface area contributed by atoms with Gasteiger partial charge in [-0.2, -0.15) is 26.3 Å². The molecule has 1 aromatic heterocycles. The van der Waals surface area contributed by atoms with Crippen molar-refractivity contribution < 1.29 is 55.6 Å². The second kappa shape index (κ2) is 12.4. The van der Waals surface area contributed by atoms with Gasteiger partial charge in [-0.05, 0) is 37.8 Å². The van der Waals surface area contributed by atoms with Gasteiger partial charge in [0.2, 0.25) is 0 Å². The van der Waals surface area contributed by atoms with E-state index in [9.17, 15) is 26.3 Å². The molecule has 14 heteroatoms. The molecule has 35 heavy (non-hydrogen) atoms. The zero-order valence-corrected chi connectivity index (χ0v) is 18.5. The number of hydrogen-bond donors (Lipinski definition) is 2. The minimum atomic E-state index is -5.08. The first-order valence-corrected chi connectivity index (χ1v) is 10.8. The van der Waals surface area contributed by atoms with Crippen molar-refractivity contribution in [2.45, 2.75) is 75.2 Å². The minimum Gasteiger partial charge on any atom is -0.486 e. The predicted octanol–water partition coefficient (Wildman–Crippen LogP) is 3.90. The molecule has 2 N–H and O–H groups in total. The summed E-state index contributed by atoms with van der Waals surface area (Å²) in [6.07, 6.45) is 1.66. The Balaban J connectivity index is 0.000000257. The van der Waals surface area contributed by atoms with Crippen molar-refractivity contribution in [3.05, 3.63) is 24.5 Å². The molecule has 4 rings (SSSR count). The van der Waals surface area contributed by atoms with Gasteiger partial charge in [0.15, 0.2) is 0 Å². The number of halogens is 6. The van der Waals surface area contributed by atoms with Gasteiger partial charge in [0.1, 0.15) is 18.0 Å². The maximum Gasteiger partial charge on any atom is 0.490 e. The summed E-state index contributed by atoms with van der Waals surface area (Å²) in [4.78, 5) is 24.7. The highest BCUT2D eigenvalue weighted by Gasteiger charge is 2.46. The SMILES string of the molecule is O=C(O)C(F)(F)F.O=C(O)C(F)(F)F.c1cncc(O[C@@H]2CC[C@H]3[C@H]2OCCN3C2CCCC2)c1. The maximum atomic E-state index is 10.6. The summed E-state index contributed by atoms with van der Waals surface area (Å²) in [5.41, 5.74) is 0. The number of rotatable bonds is 3. The third-order valence-corrected chi connectivity index (χ3v) is 5.78. The molecule has 198 valence electrons. The first kappa shape index (κ1) is 28.6. The van der Waals surface area contributed by atoms with Crippen LogP contribution in [0.2, 0.25) is 0 Å². The number of fused-ring (bicyclic) bond motifs is 1. The zero-order chi connectivity index (χ0) is 26.2. The molecule has 8 nitrogen and oxygen atoms in total. The Hall–Kier alpha value is -2.61. The number of ether oxygens (including phenoxy) is 2. The number of hydrogen-bond acceptors (Lipinski definition) is 6. The van der Waals surface area contributed by atoms with E-state index < -0.39 is 24.3 Å². The highest BCUT2D eigenvalue weighted by atomic mass is 19.4. The molecule has 0 radical (unpaired) electrons. The fourth-order valence-electron chi connectivity index (χ4n) is 4.35. The zero-order valence-electron chi connectivity index (χ0n) is 18.5. The van der Waals surface area contributed by atoms with Gasteiger partial charge in [-0.25, -0.2) is 9.59 Å². The lowest BCUT2D eigenvalue weighted by Gasteiger charge is -2.42. The Kier molecular flexibility index (Phi) is 10.1. The van der Waals surface area contributed by atoms with Crippen LogP contribution < -0.4 is 4.74 Å². The Morgan fingerprint density at radius 3 is 2.06 bits per heavy atom. The molecule has 1 saturated heterocycles. The molecular weight excluding hydrogens is 490 g/mol. The third kappa shape index (κ3) is 8.84. The summed E-state index contributed by atoms with van der Waals surface area (Å²) in [7, 11) is 0. The summed E-state index contributed by atoms with van der Waals surface area (Å²) in [6.45, 7) is 1.95. The summed E-state index contributed by atoms with van der Waals surface area (Å²) in [5, 5.41) is 14.2. The van der Waals surface area contributed by atoms with Crippen LogP contribution in [0.3, 0.4) is 0 Å². The average molecular weight is 516 g/mol. The molecule has 0 amide bonds. The lowest BCUT2D eigenvalue weighted by molar-refractivity contribution is -0.193. The second-order valence-corrected chi connectivity index (χ2v) is 8.11. The van der Waals surface area contributed by atoms with Crippen molar-refractivity contribution >= 4 is 11.9 Å². The summed E-state index contributed by atoms with van der Waals surface area (Å²) < 4.78 is 75.7. The number of carbonyl (C=O) groups is 2. The van der Waals surface area contributed by atoms with Crippen LogP contribution >= 0.6 is 0 Å². The van der Waals surface area contributed by atoms with Gasteiger partial charge in [0.25, 0.3) is 0 Å². The Morgan fingerprint density at radius 2 is 1.57 bits per heavy atom. The van der Waals surface area contributed by atoms with E-state index in [0.717, 1.165) is 31.4 Å². The number of morpholine rings is 1. The van der Waals surface area contributed by atoms with Crippen molar-refractivity contribution in [2.75, 3.05) is 13.2 Å². The normalized spacial score (nSPS) is 24.9. The summed E-state index contributed by atoms with van der Waals surface area (Å²) in [6, 6.07) is 5.26. The average Bonchev–Trinajstić information content (AvgIpc) is 3.45. The predicted molar refractivity (Wildman–Crippen MR) is 108 cm³/mol. The fourth-order valence-corrected chi connectivity index (χ4v) is 4.35. The van der Waals surface area contributed by atoms with E-state index in [2.05, 4.69) is 9.88 Å². The van der Waals surface area contributed by atoms with Crippen molar-refractivity contribution in [3.8, 4) is 5.75 Å². The molecule has 1 aromatic rings. The molecule has 3 fully saturated rings. The lowest BCUT2D eigenvalue weighted by atomic mass is 10.1. The molecule has 2 saturated carbocycles. The van der Waals surface area contributed by atoms with Crippen LogP contribution in [-0.2, 0) is 14.3 Å². The number of pyridine rings is 1. The van der Waals surface area contributed by atoms with Crippen molar-refractivity contribution in [1.29, 1.82) is 0 Å². The first-order chi connectivity index (χ1) is 16.3. The Bertz CT molecular complexity index is 793. The topological polar surface area (TPSA) is 109 Å². The summed E-state index contributed by atoms with van der Waals surface area (Å²) >= 11 is 0. The number of alkyl halides is 6. The quantitative estimate of drug-likeness (QED) is 0.583. The molecule has 0 aromatic carbocycles. The second-order valence-electron chi connectivity index (χ2n) is 8.11. The van der Waals surface area contributed by atoms with Crippen LogP contribution in [-0.4, -0.2) is 81.8 Å².